The molecule has 0 saturated carbocycles. The number of halogens is 1. The van der Waals surface area contributed by atoms with Gasteiger partial charge >= 0.3 is 0 Å². The molecule has 78 valence electrons. The number of hydrogen-bond acceptors (Lipinski definition) is 3. The van der Waals surface area contributed by atoms with Crippen LogP contribution in [0.1, 0.15) is 30.2 Å². The van der Waals surface area contributed by atoms with Gasteiger partial charge in [-0.2, -0.15) is 0 Å². The Balaban J connectivity index is 2.03. The van der Waals surface area contributed by atoms with Gasteiger partial charge in [-0.3, -0.25) is 0 Å². The first-order valence-corrected chi connectivity index (χ1v) is 6.55. The van der Waals surface area contributed by atoms with Crippen LogP contribution >= 0.6 is 27.3 Å². The summed E-state index contributed by atoms with van der Waals surface area (Å²) in [5, 5.41) is 13.5. The van der Waals surface area contributed by atoms with Crippen molar-refractivity contribution in [2.75, 3.05) is 6.54 Å². The van der Waals surface area contributed by atoms with Crippen LogP contribution in [0.5, 0.6) is 0 Å². The Bertz CT molecular complexity index is 296. The fourth-order valence-electron chi connectivity index (χ4n) is 1.83. The zero-order chi connectivity index (χ0) is 9.97. The lowest BCUT2D eigenvalue weighted by molar-refractivity contribution is 0.117. The Morgan fingerprint density at radius 3 is 2.93 bits per heavy atom. The minimum absolute atomic E-state index is 0.245. The summed E-state index contributed by atoms with van der Waals surface area (Å²) in [6, 6.07) is 4.23. The first kappa shape index (κ1) is 10.6. The minimum atomic E-state index is -0.341. The van der Waals surface area contributed by atoms with Crippen molar-refractivity contribution in [2.24, 2.45) is 0 Å². The number of nitrogens with one attached hydrogen (secondary N) is 1. The molecule has 2 nitrogen and oxygen atoms in total. The fourth-order valence-corrected chi connectivity index (χ4v) is 3.31. The van der Waals surface area contributed by atoms with Crippen LogP contribution in [-0.4, -0.2) is 17.7 Å². The molecule has 2 unspecified atom stereocenters. The van der Waals surface area contributed by atoms with Gasteiger partial charge < -0.3 is 10.4 Å². The molecule has 1 aromatic rings. The van der Waals surface area contributed by atoms with E-state index in [1.54, 1.807) is 11.3 Å². The number of hydrogen-bond donors (Lipinski definition) is 2. The van der Waals surface area contributed by atoms with Gasteiger partial charge in [-0.1, -0.05) is 6.42 Å². The van der Waals surface area contributed by atoms with Gasteiger partial charge in [0.05, 0.1) is 3.79 Å². The molecular weight excluding hydrogens is 262 g/mol. The molecule has 1 saturated heterocycles. The predicted octanol–water partition coefficient (Wildman–Crippen LogP) is 2.69. The molecule has 0 spiro atoms. The highest BCUT2D eigenvalue weighted by Gasteiger charge is 2.23. The molecule has 1 aromatic heterocycles. The molecule has 0 aliphatic carbocycles. The molecule has 1 fully saturated rings. The van der Waals surface area contributed by atoms with E-state index >= 15 is 0 Å². The van der Waals surface area contributed by atoms with E-state index in [-0.39, 0.29) is 12.1 Å². The van der Waals surface area contributed by atoms with Gasteiger partial charge in [-0.15, -0.1) is 11.3 Å². The van der Waals surface area contributed by atoms with Gasteiger partial charge in [0, 0.05) is 10.9 Å². The molecule has 14 heavy (non-hydrogen) atoms. The smallest absolute Gasteiger partial charge is 0.103 e. The van der Waals surface area contributed by atoms with E-state index in [9.17, 15) is 5.11 Å². The maximum absolute atomic E-state index is 10.1. The Hall–Kier alpha value is 0.1000. The number of aliphatic hydroxyl groups excluding tert-OH is 1. The van der Waals surface area contributed by atoms with Crippen molar-refractivity contribution >= 4 is 27.3 Å². The molecule has 0 bridgehead atoms. The van der Waals surface area contributed by atoms with Crippen molar-refractivity contribution in [1.82, 2.24) is 5.32 Å². The first-order chi connectivity index (χ1) is 6.77. The summed E-state index contributed by atoms with van der Waals surface area (Å²) in [4.78, 5) is 1.05. The highest BCUT2D eigenvalue weighted by Crippen LogP contribution is 2.30. The summed E-state index contributed by atoms with van der Waals surface area (Å²) in [6.07, 6.45) is 3.20. The molecule has 2 rings (SSSR count). The molecule has 0 radical (unpaired) electrons. The van der Waals surface area contributed by atoms with Crippen molar-refractivity contribution in [2.45, 2.75) is 31.4 Å². The van der Waals surface area contributed by atoms with Crippen LogP contribution < -0.4 is 5.32 Å². The van der Waals surface area contributed by atoms with Crippen LogP contribution in [0.25, 0.3) is 0 Å². The monoisotopic (exact) mass is 275 g/mol. The predicted molar refractivity (Wildman–Crippen MR) is 62.6 cm³/mol. The van der Waals surface area contributed by atoms with E-state index in [0.717, 1.165) is 21.6 Å². The molecule has 2 N–H and O–H groups in total. The van der Waals surface area contributed by atoms with E-state index in [1.165, 1.54) is 12.8 Å². The summed E-state index contributed by atoms with van der Waals surface area (Å²) < 4.78 is 1.09. The molecular formula is C10H14BrNOS. The maximum atomic E-state index is 10.1. The maximum Gasteiger partial charge on any atom is 0.103 e. The average molecular weight is 276 g/mol. The van der Waals surface area contributed by atoms with Crippen LogP contribution in [0.2, 0.25) is 0 Å². The second-order valence-electron chi connectivity index (χ2n) is 3.64. The quantitative estimate of drug-likeness (QED) is 0.870. The molecule has 1 aliphatic rings. The van der Waals surface area contributed by atoms with Gasteiger partial charge in [-0.25, -0.2) is 0 Å². The molecule has 2 heterocycles. The molecule has 1 aliphatic heterocycles. The third-order valence-corrected chi connectivity index (χ3v) is 4.31. The number of piperidine rings is 1. The topological polar surface area (TPSA) is 32.3 Å². The van der Waals surface area contributed by atoms with Crippen LogP contribution in [0.4, 0.5) is 0 Å². The minimum Gasteiger partial charge on any atom is -0.386 e. The summed E-state index contributed by atoms with van der Waals surface area (Å²) in [6.45, 7) is 1.04. The lowest BCUT2D eigenvalue weighted by Gasteiger charge is -2.27. The molecule has 0 aromatic carbocycles. The van der Waals surface area contributed by atoms with Crippen molar-refractivity contribution in [3.8, 4) is 0 Å². The van der Waals surface area contributed by atoms with Crippen LogP contribution in [0.15, 0.2) is 15.9 Å². The van der Waals surface area contributed by atoms with E-state index < -0.39 is 0 Å². The third kappa shape index (κ3) is 2.37. The van der Waals surface area contributed by atoms with Crippen LogP contribution in [-0.2, 0) is 0 Å². The average Bonchev–Trinajstić information content (AvgIpc) is 2.65. The van der Waals surface area contributed by atoms with E-state index in [1.807, 2.05) is 12.1 Å². The fraction of sp³-hybridized carbons (Fsp3) is 0.600. The second kappa shape index (κ2) is 4.75. The number of thiophene rings is 1. The van der Waals surface area contributed by atoms with Crippen molar-refractivity contribution in [3.63, 3.8) is 0 Å². The summed E-state index contributed by atoms with van der Waals surface area (Å²) in [5.41, 5.74) is 0. The van der Waals surface area contributed by atoms with E-state index in [4.69, 9.17) is 0 Å². The van der Waals surface area contributed by atoms with Gasteiger partial charge in [0.15, 0.2) is 0 Å². The lowest BCUT2D eigenvalue weighted by atomic mass is 9.99. The third-order valence-electron chi connectivity index (χ3n) is 2.62. The molecule has 2 atom stereocenters. The zero-order valence-corrected chi connectivity index (χ0v) is 10.3. The largest absolute Gasteiger partial charge is 0.386 e. The first-order valence-electron chi connectivity index (χ1n) is 4.94. The van der Waals surface area contributed by atoms with Crippen molar-refractivity contribution in [3.05, 3.63) is 20.8 Å². The van der Waals surface area contributed by atoms with Gasteiger partial charge in [0.2, 0.25) is 0 Å². The Labute approximate surface area is 96.5 Å². The summed E-state index contributed by atoms with van der Waals surface area (Å²) >= 11 is 5.03. The Morgan fingerprint density at radius 2 is 2.36 bits per heavy atom. The standard InChI is InChI=1S/C10H14BrNOS/c11-9-5-4-8(14-9)10(13)7-3-1-2-6-12-7/h4-5,7,10,12-13H,1-3,6H2. The van der Waals surface area contributed by atoms with Crippen LogP contribution in [0.3, 0.4) is 0 Å². The summed E-state index contributed by atoms with van der Waals surface area (Å²) in [7, 11) is 0. The summed E-state index contributed by atoms with van der Waals surface area (Å²) in [5.74, 6) is 0. The van der Waals surface area contributed by atoms with Crippen molar-refractivity contribution in [1.29, 1.82) is 0 Å². The zero-order valence-electron chi connectivity index (χ0n) is 7.87. The molecule has 0 amide bonds. The van der Waals surface area contributed by atoms with E-state index in [2.05, 4.69) is 21.2 Å². The Kier molecular flexibility index (Phi) is 3.60. The molecule has 4 heteroatoms. The van der Waals surface area contributed by atoms with Crippen molar-refractivity contribution < 1.29 is 5.11 Å². The SMILES string of the molecule is OC(c1ccc(Br)s1)C1CCCCN1. The van der Waals surface area contributed by atoms with Gasteiger partial charge in [-0.05, 0) is 47.4 Å². The van der Waals surface area contributed by atoms with Gasteiger partial charge in [0.1, 0.15) is 6.10 Å². The second-order valence-corrected chi connectivity index (χ2v) is 6.14. The number of aliphatic hydroxyl groups is 1. The van der Waals surface area contributed by atoms with Crippen LogP contribution in [0, 0.1) is 0 Å². The Morgan fingerprint density at radius 1 is 1.50 bits per heavy atom. The lowest BCUT2D eigenvalue weighted by Crippen LogP contribution is -2.38. The number of rotatable bonds is 2. The highest BCUT2D eigenvalue weighted by molar-refractivity contribution is 9.11. The van der Waals surface area contributed by atoms with Gasteiger partial charge in [0.25, 0.3) is 0 Å². The van der Waals surface area contributed by atoms with E-state index in [0.29, 0.717) is 0 Å². The normalized spacial score (nSPS) is 24.9. The highest BCUT2D eigenvalue weighted by atomic mass is 79.9.